The second kappa shape index (κ2) is 8.06. The number of aromatic nitrogens is 4. The zero-order chi connectivity index (χ0) is 20.3. The van der Waals surface area contributed by atoms with Gasteiger partial charge in [0.25, 0.3) is 5.91 Å². The number of pyridine rings is 2. The summed E-state index contributed by atoms with van der Waals surface area (Å²) >= 11 is 0. The molecule has 1 aromatic carbocycles. The van der Waals surface area contributed by atoms with Crippen molar-refractivity contribution in [1.82, 2.24) is 24.6 Å². The van der Waals surface area contributed by atoms with E-state index >= 15 is 0 Å². The molecule has 0 atom stereocenters. The molecule has 0 saturated carbocycles. The molecule has 1 aliphatic heterocycles. The second-order valence-corrected chi connectivity index (χ2v) is 7.67. The van der Waals surface area contributed by atoms with Crippen molar-refractivity contribution in [2.45, 2.75) is 25.8 Å². The summed E-state index contributed by atoms with van der Waals surface area (Å²) in [5.41, 5.74) is 4.28. The molecule has 30 heavy (non-hydrogen) atoms. The molecule has 1 fully saturated rings. The third-order valence-corrected chi connectivity index (χ3v) is 5.63. The summed E-state index contributed by atoms with van der Waals surface area (Å²) < 4.78 is 1.87. The van der Waals surface area contributed by atoms with Crippen LogP contribution in [0.2, 0.25) is 0 Å². The van der Waals surface area contributed by atoms with Gasteiger partial charge in [-0.3, -0.25) is 9.78 Å². The first-order chi connectivity index (χ1) is 14.8. The highest BCUT2D eigenvalue weighted by Gasteiger charge is 2.23. The van der Waals surface area contributed by atoms with E-state index in [0.29, 0.717) is 12.1 Å². The molecule has 0 spiro atoms. The Bertz CT molecular complexity index is 1160. The molecule has 0 aliphatic carbocycles. The van der Waals surface area contributed by atoms with Crippen LogP contribution in [-0.4, -0.2) is 43.6 Å². The van der Waals surface area contributed by atoms with Gasteiger partial charge >= 0.3 is 0 Å². The highest BCUT2D eigenvalue weighted by atomic mass is 16.2. The maximum absolute atomic E-state index is 13.4. The molecule has 0 N–H and O–H groups in total. The molecule has 3 aromatic heterocycles. The van der Waals surface area contributed by atoms with E-state index in [4.69, 9.17) is 4.98 Å². The number of hydrogen-bond acceptors (Lipinski definition) is 4. The van der Waals surface area contributed by atoms with Crippen molar-refractivity contribution in [1.29, 1.82) is 0 Å². The van der Waals surface area contributed by atoms with Gasteiger partial charge in [-0.15, -0.1) is 0 Å². The van der Waals surface area contributed by atoms with Gasteiger partial charge in [0.05, 0.1) is 29.4 Å². The maximum atomic E-state index is 13.4. The fraction of sp³-hybridized carbons (Fsp3) is 0.250. The zero-order valence-corrected chi connectivity index (χ0v) is 16.7. The van der Waals surface area contributed by atoms with Gasteiger partial charge in [-0.2, -0.15) is 5.10 Å². The number of carbonyl (C=O) groups is 1. The van der Waals surface area contributed by atoms with Crippen molar-refractivity contribution in [2.75, 3.05) is 13.1 Å². The summed E-state index contributed by atoms with van der Waals surface area (Å²) in [5.74, 6) is 0.0720. The van der Waals surface area contributed by atoms with Gasteiger partial charge in [0.15, 0.2) is 5.65 Å². The number of rotatable bonds is 4. The quantitative estimate of drug-likeness (QED) is 0.519. The maximum Gasteiger partial charge on any atom is 0.254 e. The molecule has 6 nitrogen and oxygen atoms in total. The molecule has 1 saturated heterocycles. The van der Waals surface area contributed by atoms with Crippen LogP contribution in [0, 0.1) is 0 Å². The van der Waals surface area contributed by atoms with E-state index in [1.165, 1.54) is 6.42 Å². The van der Waals surface area contributed by atoms with Crippen molar-refractivity contribution in [2.24, 2.45) is 0 Å². The minimum Gasteiger partial charge on any atom is -0.339 e. The SMILES string of the molecule is O=C(c1cc(-c2ccccc2)nc2c1cnn2Cc1ccncc1)N1CCCCC1. The summed E-state index contributed by atoms with van der Waals surface area (Å²) in [6, 6.07) is 15.9. The number of benzene rings is 1. The van der Waals surface area contributed by atoms with Gasteiger partial charge in [0, 0.05) is 31.0 Å². The smallest absolute Gasteiger partial charge is 0.254 e. The van der Waals surface area contributed by atoms with E-state index in [9.17, 15) is 4.79 Å². The Labute approximate surface area is 175 Å². The van der Waals surface area contributed by atoms with E-state index in [2.05, 4.69) is 10.1 Å². The van der Waals surface area contributed by atoms with Crippen LogP contribution in [0.5, 0.6) is 0 Å². The van der Waals surface area contributed by atoms with Gasteiger partial charge in [-0.1, -0.05) is 30.3 Å². The van der Waals surface area contributed by atoms with Gasteiger partial charge in [0.2, 0.25) is 0 Å². The Balaban J connectivity index is 1.63. The number of nitrogens with zero attached hydrogens (tertiary/aromatic N) is 5. The van der Waals surface area contributed by atoms with Crippen molar-refractivity contribution < 1.29 is 4.79 Å². The highest BCUT2D eigenvalue weighted by Crippen LogP contribution is 2.27. The zero-order valence-electron chi connectivity index (χ0n) is 16.7. The molecule has 1 aliphatic rings. The van der Waals surface area contributed by atoms with Crippen LogP contribution in [-0.2, 0) is 6.54 Å². The number of piperidine rings is 1. The topological polar surface area (TPSA) is 63.9 Å². The summed E-state index contributed by atoms with van der Waals surface area (Å²) in [6.45, 7) is 2.21. The molecule has 0 unspecified atom stereocenters. The monoisotopic (exact) mass is 397 g/mol. The molecule has 6 heteroatoms. The number of carbonyl (C=O) groups excluding carboxylic acids is 1. The summed E-state index contributed by atoms with van der Waals surface area (Å²) in [7, 11) is 0. The molecule has 1 amide bonds. The molecular formula is C24H23N5O. The lowest BCUT2D eigenvalue weighted by Crippen LogP contribution is -2.35. The Morgan fingerprint density at radius 3 is 2.50 bits per heavy atom. The van der Waals surface area contributed by atoms with Gasteiger partial charge < -0.3 is 4.90 Å². The Hall–Kier alpha value is -3.54. The summed E-state index contributed by atoms with van der Waals surface area (Å²) in [5, 5.41) is 5.38. The fourth-order valence-electron chi connectivity index (χ4n) is 4.03. The molecule has 4 aromatic rings. The Kier molecular flexibility index (Phi) is 4.97. The molecule has 0 radical (unpaired) electrons. The lowest BCUT2D eigenvalue weighted by molar-refractivity contribution is 0.0726. The van der Waals surface area contributed by atoms with Gasteiger partial charge in [-0.25, -0.2) is 9.67 Å². The Morgan fingerprint density at radius 1 is 0.967 bits per heavy atom. The lowest BCUT2D eigenvalue weighted by Gasteiger charge is -2.27. The third kappa shape index (κ3) is 3.56. The highest BCUT2D eigenvalue weighted by molar-refractivity contribution is 6.06. The standard InChI is InChI=1S/C24H23N5O/c30-24(28-13-5-2-6-14-28)20-15-22(19-7-3-1-4-8-19)27-23-21(20)16-26-29(23)17-18-9-11-25-12-10-18/h1,3-4,7-12,15-16H,2,5-6,13-14,17H2. The first-order valence-corrected chi connectivity index (χ1v) is 10.4. The van der Waals surface area contributed by atoms with Gasteiger partial charge in [0.1, 0.15) is 0 Å². The van der Waals surface area contributed by atoms with Crippen LogP contribution >= 0.6 is 0 Å². The minimum absolute atomic E-state index is 0.0720. The van der Waals surface area contributed by atoms with E-state index in [0.717, 1.165) is 53.8 Å². The number of likely N-dealkylation sites (tertiary alicyclic amines) is 1. The van der Waals surface area contributed by atoms with Crippen molar-refractivity contribution >= 4 is 16.9 Å². The van der Waals surface area contributed by atoms with E-state index in [1.54, 1.807) is 18.6 Å². The summed E-state index contributed by atoms with van der Waals surface area (Å²) in [6.07, 6.45) is 8.63. The fourth-order valence-corrected chi connectivity index (χ4v) is 4.03. The van der Waals surface area contributed by atoms with Crippen molar-refractivity contribution in [3.63, 3.8) is 0 Å². The molecule has 4 heterocycles. The lowest BCUT2D eigenvalue weighted by atomic mass is 10.0. The first-order valence-electron chi connectivity index (χ1n) is 10.4. The largest absolute Gasteiger partial charge is 0.339 e. The molecule has 5 rings (SSSR count). The van der Waals surface area contributed by atoms with Crippen LogP contribution in [0.25, 0.3) is 22.3 Å². The van der Waals surface area contributed by atoms with Crippen LogP contribution in [0.3, 0.4) is 0 Å². The van der Waals surface area contributed by atoms with Crippen LogP contribution < -0.4 is 0 Å². The van der Waals surface area contributed by atoms with E-state index in [1.807, 2.05) is 58.1 Å². The predicted octanol–water partition coefficient (Wildman–Crippen LogP) is 4.17. The Morgan fingerprint density at radius 2 is 1.73 bits per heavy atom. The van der Waals surface area contributed by atoms with E-state index in [-0.39, 0.29) is 5.91 Å². The molecule has 150 valence electrons. The van der Waals surface area contributed by atoms with Gasteiger partial charge in [-0.05, 0) is 43.0 Å². The first kappa shape index (κ1) is 18.5. The van der Waals surface area contributed by atoms with E-state index < -0.39 is 0 Å². The molecular weight excluding hydrogens is 374 g/mol. The van der Waals surface area contributed by atoms with Crippen LogP contribution in [0.1, 0.15) is 35.2 Å². The van der Waals surface area contributed by atoms with Crippen LogP contribution in [0.4, 0.5) is 0 Å². The molecule has 0 bridgehead atoms. The van der Waals surface area contributed by atoms with Crippen molar-refractivity contribution in [3.8, 4) is 11.3 Å². The number of fused-ring (bicyclic) bond motifs is 1. The second-order valence-electron chi connectivity index (χ2n) is 7.67. The number of hydrogen-bond donors (Lipinski definition) is 0. The number of amides is 1. The predicted molar refractivity (Wildman–Crippen MR) is 116 cm³/mol. The average Bonchev–Trinajstić information content (AvgIpc) is 3.22. The average molecular weight is 397 g/mol. The van der Waals surface area contributed by atoms with Crippen molar-refractivity contribution in [3.05, 3.63) is 78.2 Å². The summed E-state index contributed by atoms with van der Waals surface area (Å²) in [4.78, 5) is 24.4. The third-order valence-electron chi connectivity index (χ3n) is 5.63. The van der Waals surface area contributed by atoms with Crippen LogP contribution in [0.15, 0.2) is 67.1 Å². The normalized spacial score (nSPS) is 14.2. The minimum atomic E-state index is 0.0720.